The molecule has 8 heteroatoms. The SMILES string of the molecule is O=C(NCCCNC(=O)c1cc(-c2ccco2)[nH]n1)c1ccc(Br)cc1. The summed E-state index contributed by atoms with van der Waals surface area (Å²) in [4.78, 5) is 24.0. The lowest BCUT2D eigenvalue weighted by molar-refractivity contribution is 0.0948. The largest absolute Gasteiger partial charge is 0.463 e. The monoisotopic (exact) mass is 416 g/mol. The quantitative estimate of drug-likeness (QED) is 0.515. The molecule has 0 bridgehead atoms. The maximum absolute atomic E-state index is 12.1. The van der Waals surface area contributed by atoms with Gasteiger partial charge in [0.2, 0.25) is 0 Å². The highest BCUT2D eigenvalue weighted by atomic mass is 79.9. The number of hydrogen-bond acceptors (Lipinski definition) is 4. The predicted molar refractivity (Wildman–Crippen MR) is 99.7 cm³/mol. The Kier molecular flexibility index (Phi) is 5.85. The van der Waals surface area contributed by atoms with Crippen molar-refractivity contribution in [3.05, 3.63) is 64.5 Å². The fourth-order valence-electron chi connectivity index (χ4n) is 2.28. The molecule has 0 aliphatic carbocycles. The third kappa shape index (κ3) is 4.60. The maximum Gasteiger partial charge on any atom is 0.271 e. The molecule has 3 rings (SSSR count). The molecule has 0 unspecified atom stereocenters. The van der Waals surface area contributed by atoms with Gasteiger partial charge in [-0.1, -0.05) is 15.9 Å². The van der Waals surface area contributed by atoms with Crippen LogP contribution in [0.15, 0.2) is 57.6 Å². The number of H-pyrrole nitrogens is 1. The molecule has 0 saturated carbocycles. The smallest absolute Gasteiger partial charge is 0.271 e. The Morgan fingerprint density at radius 3 is 2.50 bits per heavy atom. The van der Waals surface area contributed by atoms with Crippen molar-refractivity contribution >= 4 is 27.7 Å². The van der Waals surface area contributed by atoms with Gasteiger partial charge in [-0.3, -0.25) is 14.7 Å². The highest BCUT2D eigenvalue weighted by Gasteiger charge is 2.12. The van der Waals surface area contributed by atoms with Gasteiger partial charge in [-0.15, -0.1) is 0 Å². The number of amides is 2. The molecule has 2 aromatic heterocycles. The van der Waals surface area contributed by atoms with Crippen LogP contribution in [0.1, 0.15) is 27.3 Å². The average molecular weight is 417 g/mol. The highest BCUT2D eigenvalue weighted by molar-refractivity contribution is 9.10. The normalized spacial score (nSPS) is 10.5. The van der Waals surface area contributed by atoms with E-state index in [1.807, 2.05) is 12.1 Å². The number of carbonyl (C=O) groups is 2. The molecular weight excluding hydrogens is 400 g/mol. The molecule has 0 radical (unpaired) electrons. The first-order chi connectivity index (χ1) is 12.6. The summed E-state index contributed by atoms with van der Waals surface area (Å²) in [7, 11) is 0. The molecule has 7 nitrogen and oxygen atoms in total. The summed E-state index contributed by atoms with van der Waals surface area (Å²) in [5, 5.41) is 12.3. The van der Waals surface area contributed by atoms with E-state index in [1.54, 1.807) is 36.6 Å². The number of aromatic amines is 1. The van der Waals surface area contributed by atoms with Crippen LogP contribution in [0.25, 0.3) is 11.5 Å². The Morgan fingerprint density at radius 1 is 1.08 bits per heavy atom. The Morgan fingerprint density at radius 2 is 1.81 bits per heavy atom. The van der Waals surface area contributed by atoms with Crippen LogP contribution in [0.3, 0.4) is 0 Å². The summed E-state index contributed by atoms with van der Waals surface area (Å²) in [5.41, 5.74) is 1.52. The molecule has 0 atom stereocenters. The molecule has 1 aromatic carbocycles. The van der Waals surface area contributed by atoms with E-state index in [9.17, 15) is 9.59 Å². The van der Waals surface area contributed by atoms with Gasteiger partial charge in [-0.05, 0) is 42.8 Å². The van der Waals surface area contributed by atoms with E-state index >= 15 is 0 Å². The van der Waals surface area contributed by atoms with E-state index in [0.29, 0.717) is 36.5 Å². The number of nitrogens with zero attached hydrogens (tertiary/aromatic N) is 1. The number of halogens is 1. The first-order valence-corrected chi connectivity index (χ1v) is 8.84. The zero-order valence-corrected chi connectivity index (χ0v) is 15.4. The van der Waals surface area contributed by atoms with Gasteiger partial charge >= 0.3 is 0 Å². The van der Waals surface area contributed by atoms with Gasteiger partial charge < -0.3 is 15.1 Å². The molecule has 0 aliphatic rings. The number of furan rings is 1. The van der Waals surface area contributed by atoms with E-state index in [-0.39, 0.29) is 17.5 Å². The lowest BCUT2D eigenvalue weighted by atomic mass is 10.2. The van der Waals surface area contributed by atoms with Crippen molar-refractivity contribution in [1.29, 1.82) is 0 Å². The number of benzene rings is 1. The van der Waals surface area contributed by atoms with Crippen LogP contribution in [-0.4, -0.2) is 35.1 Å². The molecule has 0 saturated heterocycles. The second-order valence-corrected chi connectivity index (χ2v) is 6.43. The van der Waals surface area contributed by atoms with Crippen molar-refractivity contribution in [1.82, 2.24) is 20.8 Å². The third-order valence-electron chi connectivity index (χ3n) is 3.63. The molecule has 3 N–H and O–H groups in total. The Balaban J connectivity index is 1.39. The topological polar surface area (TPSA) is 100 Å². The summed E-state index contributed by atoms with van der Waals surface area (Å²) in [6.45, 7) is 0.899. The highest BCUT2D eigenvalue weighted by Crippen LogP contribution is 2.17. The number of rotatable bonds is 7. The van der Waals surface area contributed by atoms with Crippen LogP contribution in [0.5, 0.6) is 0 Å². The lowest BCUT2D eigenvalue weighted by Gasteiger charge is -2.06. The van der Waals surface area contributed by atoms with Crippen molar-refractivity contribution in [3.8, 4) is 11.5 Å². The molecule has 2 heterocycles. The van der Waals surface area contributed by atoms with Gasteiger partial charge in [-0.25, -0.2) is 0 Å². The van der Waals surface area contributed by atoms with Crippen LogP contribution in [0.4, 0.5) is 0 Å². The van der Waals surface area contributed by atoms with Crippen molar-refractivity contribution < 1.29 is 14.0 Å². The zero-order valence-electron chi connectivity index (χ0n) is 13.8. The summed E-state index contributed by atoms with van der Waals surface area (Å²) < 4.78 is 6.17. The summed E-state index contributed by atoms with van der Waals surface area (Å²) in [6.07, 6.45) is 2.17. The number of carbonyl (C=O) groups excluding carboxylic acids is 2. The molecule has 0 fully saturated rings. The second kappa shape index (κ2) is 8.48. The number of nitrogens with one attached hydrogen (secondary N) is 3. The van der Waals surface area contributed by atoms with Crippen molar-refractivity contribution in [2.24, 2.45) is 0 Å². The minimum Gasteiger partial charge on any atom is -0.463 e. The first-order valence-electron chi connectivity index (χ1n) is 8.05. The molecule has 0 aliphatic heterocycles. The summed E-state index contributed by atoms with van der Waals surface area (Å²) in [6, 6.07) is 12.3. The molecule has 26 heavy (non-hydrogen) atoms. The molecule has 3 aromatic rings. The van der Waals surface area contributed by atoms with Crippen LogP contribution in [0, 0.1) is 0 Å². The lowest BCUT2D eigenvalue weighted by Crippen LogP contribution is -2.30. The summed E-state index contributed by atoms with van der Waals surface area (Å²) >= 11 is 3.33. The fraction of sp³-hybridized carbons (Fsp3) is 0.167. The van der Waals surface area contributed by atoms with E-state index in [1.165, 1.54) is 0 Å². The molecular formula is C18H17BrN4O3. The van der Waals surface area contributed by atoms with Crippen molar-refractivity contribution in [3.63, 3.8) is 0 Å². The zero-order chi connectivity index (χ0) is 18.4. The maximum atomic E-state index is 12.1. The van der Waals surface area contributed by atoms with E-state index in [4.69, 9.17) is 4.42 Å². The minimum absolute atomic E-state index is 0.140. The van der Waals surface area contributed by atoms with E-state index in [2.05, 4.69) is 36.8 Å². The number of aromatic nitrogens is 2. The summed E-state index contributed by atoms with van der Waals surface area (Å²) in [5.74, 6) is 0.199. The van der Waals surface area contributed by atoms with Gasteiger partial charge in [0, 0.05) is 29.2 Å². The third-order valence-corrected chi connectivity index (χ3v) is 4.16. The van der Waals surface area contributed by atoms with Gasteiger partial charge in [-0.2, -0.15) is 5.10 Å². The van der Waals surface area contributed by atoms with Gasteiger partial charge in [0.05, 0.1) is 6.26 Å². The van der Waals surface area contributed by atoms with E-state index < -0.39 is 0 Å². The Hall–Kier alpha value is -2.87. The predicted octanol–water partition coefficient (Wildman–Crippen LogP) is 2.98. The molecule has 134 valence electrons. The number of hydrogen-bond donors (Lipinski definition) is 3. The molecule has 0 spiro atoms. The van der Waals surface area contributed by atoms with Crippen molar-refractivity contribution in [2.75, 3.05) is 13.1 Å². The standard InChI is InChI=1S/C18H17BrN4O3/c19-13-6-4-12(5-7-13)17(24)20-8-2-9-21-18(25)15-11-14(22-23-15)16-3-1-10-26-16/h1,3-7,10-11H,2,8-9H2,(H,20,24)(H,21,25)(H,22,23). The van der Waals surface area contributed by atoms with Crippen LogP contribution >= 0.6 is 15.9 Å². The Labute approximate surface area is 158 Å². The Bertz CT molecular complexity index is 872. The van der Waals surface area contributed by atoms with Crippen LogP contribution in [0.2, 0.25) is 0 Å². The van der Waals surface area contributed by atoms with E-state index in [0.717, 1.165) is 4.47 Å². The van der Waals surface area contributed by atoms with Crippen LogP contribution in [-0.2, 0) is 0 Å². The average Bonchev–Trinajstić information content (AvgIpc) is 3.33. The minimum atomic E-state index is -0.279. The molecule has 2 amide bonds. The van der Waals surface area contributed by atoms with Crippen molar-refractivity contribution in [2.45, 2.75) is 6.42 Å². The first kappa shape index (κ1) is 17.9. The second-order valence-electron chi connectivity index (χ2n) is 5.52. The van der Waals surface area contributed by atoms with Gasteiger partial charge in [0.1, 0.15) is 5.69 Å². The van der Waals surface area contributed by atoms with Gasteiger partial charge in [0.15, 0.2) is 11.5 Å². The van der Waals surface area contributed by atoms with Crippen LogP contribution < -0.4 is 10.6 Å². The van der Waals surface area contributed by atoms with Gasteiger partial charge in [0.25, 0.3) is 11.8 Å². The fourth-order valence-corrected chi connectivity index (χ4v) is 2.55.